The maximum absolute atomic E-state index is 12.8. The number of halogens is 1. The number of guanidine groups is 1. The molecule has 1 aromatic carbocycles. The van der Waals surface area contributed by atoms with E-state index in [0.29, 0.717) is 12.6 Å². The molecule has 0 aliphatic rings. The van der Waals surface area contributed by atoms with Crippen LogP contribution in [0.1, 0.15) is 25.8 Å². The summed E-state index contributed by atoms with van der Waals surface area (Å²) in [7, 11) is 3.88. The Morgan fingerprint density at radius 1 is 1.29 bits per heavy atom. The largest absolute Gasteiger partial charge is 0.355 e. The average molecular weight is 294 g/mol. The van der Waals surface area contributed by atoms with Crippen LogP contribution < -0.4 is 10.6 Å². The van der Waals surface area contributed by atoms with Crippen molar-refractivity contribution in [3.05, 3.63) is 35.6 Å². The van der Waals surface area contributed by atoms with Gasteiger partial charge in [0.05, 0.1) is 0 Å². The lowest BCUT2D eigenvalue weighted by Gasteiger charge is -2.24. The summed E-state index contributed by atoms with van der Waals surface area (Å²) in [6, 6.07) is 7.06. The lowest BCUT2D eigenvalue weighted by Crippen LogP contribution is -2.42. The summed E-state index contributed by atoms with van der Waals surface area (Å²) < 4.78 is 12.8. The van der Waals surface area contributed by atoms with E-state index in [1.54, 1.807) is 19.2 Å². The molecule has 5 heteroatoms. The van der Waals surface area contributed by atoms with Crippen LogP contribution in [0.4, 0.5) is 4.39 Å². The Morgan fingerprint density at radius 2 is 1.95 bits per heavy atom. The zero-order chi connectivity index (χ0) is 15.7. The highest BCUT2D eigenvalue weighted by molar-refractivity contribution is 5.79. The van der Waals surface area contributed by atoms with Crippen LogP contribution in [-0.2, 0) is 6.54 Å². The van der Waals surface area contributed by atoms with Crippen LogP contribution >= 0.6 is 0 Å². The monoisotopic (exact) mass is 294 g/mol. The first-order valence-electron chi connectivity index (χ1n) is 7.46. The second-order valence-corrected chi connectivity index (χ2v) is 5.22. The molecular weight excluding hydrogens is 267 g/mol. The van der Waals surface area contributed by atoms with Gasteiger partial charge >= 0.3 is 0 Å². The maximum atomic E-state index is 12.8. The van der Waals surface area contributed by atoms with E-state index in [4.69, 9.17) is 0 Å². The molecule has 1 unspecified atom stereocenters. The highest BCUT2D eigenvalue weighted by atomic mass is 19.1. The number of benzene rings is 1. The molecule has 4 nitrogen and oxygen atoms in total. The van der Waals surface area contributed by atoms with Crippen LogP contribution in [0.15, 0.2) is 29.3 Å². The molecule has 0 bridgehead atoms. The first-order chi connectivity index (χ1) is 10.1. The van der Waals surface area contributed by atoms with Crippen molar-refractivity contribution >= 4 is 5.96 Å². The van der Waals surface area contributed by atoms with Gasteiger partial charge < -0.3 is 15.5 Å². The molecule has 0 aliphatic carbocycles. The van der Waals surface area contributed by atoms with Crippen molar-refractivity contribution in [3.8, 4) is 0 Å². The van der Waals surface area contributed by atoms with Crippen LogP contribution in [0, 0.1) is 5.82 Å². The van der Waals surface area contributed by atoms with Gasteiger partial charge in [-0.25, -0.2) is 4.39 Å². The summed E-state index contributed by atoms with van der Waals surface area (Å²) in [6.45, 7) is 6.84. The fourth-order valence-electron chi connectivity index (χ4n) is 1.89. The molecule has 0 amide bonds. The van der Waals surface area contributed by atoms with E-state index in [0.717, 1.165) is 31.0 Å². The number of aliphatic imine (C=N–C) groups is 1. The Balaban J connectivity index is 2.31. The van der Waals surface area contributed by atoms with Crippen LogP contribution in [0.5, 0.6) is 0 Å². The molecule has 1 atom stereocenters. The zero-order valence-corrected chi connectivity index (χ0v) is 13.5. The van der Waals surface area contributed by atoms with Gasteiger partial charge in [0.15, 0.2) is 5.96 Å². The molecule has 0 spiro atoms. The number of likely N-dealkylation sites (N-methyl/N-ethyl adjacent to an activating group) is 1. The van der Waals surface area contributed by atoms with Crippen molar-refractivity contribution in [2.45, 2.75) is 32.9 Å². The molecule has 21 heavy (non-hydrogen) atoms. The molecule has 0 aromatic heterocycles. The summed E-state index contributed by atoms with van der Waals surface area (Å²) in [6.07, 6.45) is 1.15. The smallest absolute Gasteiger partial charge is 0.191 e. The Kier molecular flexibility index (Phi) is 7.75. The summed E-state index contributed by atoms with van der Waals surface area (Å²) in [5.41, 5.74) is 1.02. The standard InChI is InChI=1S/C16H27FN4/c1-5-13(2)21(4)11-10-19-16(18-3)20-12-14-6-8-15(17)9-7-14/h6-9,13H,5,10-12H2,1-4H3,(H2,18,19,20). The van der Waals surface area contributed by atoms with Gasteiger partial charge in [-0.2, -0.15) is 0 Å². The van der Waals surface area contributed by atoms with E-state index in [9.17, 15) is 4.39 Å². The quantitative estimate of drug-likeness (QED) is 0.598. The molecular formula is C16H27FN4. The third-order valence-corrected chi connectivity index (χ3v) is 3.70. The van der Waals surface area contributed by atoms with Gasteiger partial charge in [0, 0.05) is 32.7 Å². The molecule has 118 valence electrons. The number of nitrogens with zero attached hydrogens (tertiary/aromatic N) is 2. The van der Waals surface area contributed by atoms with Gasteiger partial charge in [-0.1, -0.05) is 19.1 Å². The lowest BCUT2D eigenvalue weighted by molar-refractivity contribution is 0.255. The number of nitrogens with one attached hydrogen (secondary N) is 2. The first kappa shape index (κ1) is 17.4. The van der Waals surface area contributed by atoms with E-state index < -0.39 is 0 Å². The van der Waals surface area contributed by atoms with Crippen LogP contribution in [0.2, 0.25) is 0 Å². The summed E-state index contributed by atoms with van der Waals surface area (Å²) in [4.78, 5) is 6.50. The Morgan fingerprint density at radius 3 is 2.52 bits per heavy atom. The topological polar surface area (TPSA) is 39.7 Å². The first-order valence-corrected chi connectivity index (χ1v) is 7.46. The summed E-state index contributed by atoms with van der Waals surface area (Å²) in [5, 5.41) is 6.50. The summed E-state index contributed by atoms with van der Waals surface area (Å²) in [5.74, 6) is 0.547. The second-order valence-electron chi connectivity index (χ2n) is 5.22. The van der Waals surface area contributed by atoms with Crippen LogP contribution in [0.3, 0.4) is 0 Å². The molecule has 0 heterocycles. The lowest BCUT2D eigenvalue weighted by atomic mass is 10.2. The van der Waals surface area contributed by atoms with E-state index in [1.807, 2.05) is 0 Å². The predicted molar refractivity (Wildman–Crippen MR) is 87.0 cm³/mol. The third-order valence-electron chi connectivity index (χ3n) is 3.70. The second kappa shape index (κ2) is 9.34. The van der Waals surface area contributed by atoms with Gasteiger partial charge in [0.25, 0.3) is 0 Å². The Bertz CT molecular complexity index is 430. The van der Waals surface area contributed by atoms with Gasteiger partial charge in [0.1, 0.15) is 5.82 Å². The van der Waals surface area contributed by atoms with Gasteiger partial charge in [-0.05, 0) is 38.1 Å². The van der Waals surface area contributed by atoms with E-state index in [-0.39, 0.29) is 5.82 Å². The van der Waals surface area contributed by atoms with Crippen molar-refractivity contribution in [2.24, 2.45) is 4.99 Å². The minimum absolute atomic E-state index is 0.214. The SMILES string of the molecule is CCC(C)N(C)CCNC(=NC)NCc1ccc(F)cc1. The molecule has 1 rings (SSSR count). The van der Waals surface area contributed by atoms with Crippen molar-refractivity contribution in [3.63, 3.8) is 0 Å². The van der Waals surface area contributed by atoms with E-state index in [1.165, 1.54) is 12.1 Å². The molecule has 0 radical (unpaired) electrons. The highest BCUT2D eigenvalue weighted by Gasteiger charge is 2.06. The van der Waals surface area contributed by atoms with Crippen molar-refractivity contribution in [2.75, 3.05) is 27.2 Å². The minimum atomic E-state index is -0.214. The van der Waals surface area contributed by atoms with Crippen molar-refractivity contribution in [1.82, 2.24) is 15.5 Å². The summed E-state index contributed by atoms with van der Waals surface area (Å²) >= 11 is 0. The van der Waals surface area contributed by atoms with E-state index in [2.05, 4.69) is 41.4 Å². The number of hydrogen-bond donors (Lipinski definition) is 2. The fraction of sp³-hybridized carbons (Fsp3) is 0.562. The molecule has 0 fully saturated rings. The van der Waals surface area contributed by atoms with Gasteiger partial charge in [-0.3, -0.25) is 4.99 Å². The van der Waals surface area contributed by atoms with Gasteiger partial charge in [-0.15, -0.1) is 0 Å². The van der Waals surface area contributed by atoms with Crippen molar-refractivity contribution < 1.29 is 4.39 Å². The third kappa shape index (κ3) is 6.58. The maximum Gasteiger partial charge on any atom is 0.191 e. The Labute approximate surface area is 127 Å². The normalized spacial score (nSPS) is 13.3. The number of hydrogen-bond acceptors (Lipinski definition) is 2. The van der Waals surface area contributed by atoms with Gasteiger partial charge in [0.2, 0.25) is 0 Å². The highest BCUT2D eigenvalue weighted by Crippen LogP contribution is 2.02. The molecule has 0 saturated heterocycles. The van der Waals surface area contributed by atoms with Crippen LogP contribution in [0.25, 0.3) is 0 Å². The fourth-order valence-corrected chi connectivity index (χ4v) is 1.89. The molecule has 0 saturated carbocycles. The van der Waals surface area contributed by atoms with Crippen molar-refractivity contribution in [1.29, 1.82) is 0 Å². The molecule has 2 N–H and O–H groups in total. The minimum Gasteiger partial charge on any atom is -0.355 e. The van der Waals surface area contributed by atoms with Crippen LogP contribution in [-0.4, -0.2) is 44.1 Å². The molecule has 0 aliphatic heterocycles. The Hall–Kier alpha value is -1.62. The van der Waals surface area contributed by atoms with E-state index >= 15 is 0 Å². The average Bonchev–Trinajstić information content (AvgIpc) is 2.51. The predicted octanol–water partition coefficient (Wildman–Crippen LogP) is 2.22. The number of rotatable bonds is 7. The zero-order valence-electron chi connectivity index (χ0n) is 13.5. The molecule has 1 aromatic rings.